The van der Waals surface area contributed by atoms with E-state index < -0.39 is 0 Å². The van der Waals surface area contributed by atoms with Gasteiger partial charge in [0.1, 0.15) is 10.7 Å². The fourth-order valence-corrected chi connectivity index (χ4v) is 2.94. The molecule has 2 aromatic rings. The third kappa shape index (κ3) is 4.20. The Kier molecular flexibility index (Phi) is 5.95. The topological polar surface area (TPSA) is 86.5 Å². The van der Waals surface area contributed by atoms with Crippen LogP contribution in [0.25, 0.3) is 0 Å². The molecule has 1 amide bonds. The number of aromatic nitrogens is 1. The lowest BCUT2D eigenvalue weighted by Crippen LogP contribution is -2.14. The SMILES string of the molecule is CCCC(N)c1nc(C(=O)Nc2ccc(OC)c(OC)c2)cs1. The van der Waals surface area contributed by atoms with Gasteiger partial charge >= 0.3 is 0 Å². The van der Waals surface area contributed by atoms with Gasteiger partial charge in [-0.1, -0.05) is 13.3 Å². The highest BCUT2D eigenvalue weighted by atomic mass is 32.1. The fourth-order valence-electron chi connectivity index (χ4n) is 2.11. The Bertz CT molecular complexity index is 672. The monoisotopic (exact) mass is 335 g/mol. The summed E-state index contributed by atoms with van der Waals surface area (Å²) in [5.74, 6) is 0.879. The molecule has 124 valence electrons. The molecule has 0 radical (unpaired) electrons. The van der Waals surface area contributed by atoms with Crippen LogP contribution in [0.1, 0.15) is 41.3 Å². The van der Waals surface area contributed by atoms with Crippen molar-refractivity contribution in [3.8, 4) is 11.5 Å². The van der Waals surface area contributed by atoms with Crippen LogP contribution < -0.4 is 20.5 Å². The first-order chi connectivity index (χ1) is 11.1. The number of thiazole rings is 1. The van der Waals surface area contributed by atoms with Crippen molar-refractivity contribution in [1.82, 2.24) is 4.98 Å². The molecule has 0 fully saturated rings. The van der Waals surface area contributed by atoms with E-state index in [9.17, 15) is 4.79 Å². The van der Waals surface area contributed by atoms with E-state index in [0.29, 0.717) is 22.9 Å². The second-order valence-electron chi connectivity index (χ2n) is 4.99. The van der Waals surface area contributed by atoms with Gasteiger partial charge in [-0.3, -0.25) is 4.79 Å². The first-order valence-electron chi connectivity index (χ1n) is 7.33. The molecule has 0 bridgehead atoms. The molecule has 1 heterocycles. The van der Waals surface area contributed by atoms with Gasteiger partial charge in [-0.05, 0) is 18.6 Å². The number of nitrogens with two attached hydrogens (primary N) is 1. The van der Waals surface area contributed by atoms with Crippen molar-refractivity contribution in [2.24, 2.45) is 5.73 Å². The third-order valence-corrected chi connectivity index (χ3v) is 4.29. The van der Waals surface area contributed by atoms with Crippen molar-refractivity contribution in [1.29, 1.82) is 0 Å². The highest BCUT2D eigenvalue weighted by Gasteiger charge is 2.15. The van der Waals surface area contributed by atoms with Gasteiger partial charge in [-0.2, -0.15) is 0 Å². The predicted octanol–water partition coefficient (Wildman–Crippen LogP) is 3.21. The predicted molar refractivity (Wildman–Crippen MR) is 91.4 cm³/mol. The summed E-state index contributed by atoms with van der Waals surface area (Å²) in [6, 6.07) is 5.06. The van der Waals surface area contributed by atoms with Gasteiger partial charge in [0.15, 0.2) is 11.5 Å². The molecule has 1 atom stereocenters. The van der Waals surface area contributed by atoms with Crippen LogP contribution in [0.5, 0.6) is 11.5 Å². The molecule has 23 heavy (non-hydrogen) atoms. The standard InChI is InChI=1S/C16H21N3O3S/c1-4-5-11(17)16-19-12(9-23-16)15(20)18-10-6-7-13(21-2)14(8-10)22-3/h6-9,11H,4-5,17H2,1-3H3,(H,18,20). The summed E-state index contributed by atoms with van der Waals surface area (Å²) in [4.78, 5) is 16.6. The largest absolute Gasteiger partial charge is 0.493 e. The van der Waals surface area contributed by atoms with E-state index in [1.54, 1.807) is 37.8 Å². The van der Waals surface area contributed by atoms with Gasteiger partial charge in [0.2, 0.25) is 0 Å². The smallest absolute Gasteiger partial charge is 0.275 e. The van der Waals surface area contributed by atoms with E-state index in [0.717, 1.165) is 17.8 Å². The van der Waals surface area contributed by atoms with Crippen molar-refractivity contribution < 1.29 is 14.3 Å². The second-order valence-corrected chi connectivity index (χ2v) is 5.88. The van der Waals surface area contributed by atoms with Crippen LogP contribution in [0.2, 0.25) is 0 Å². The van der Waals surface area contributed by atoms with E-state index in [2.05, 4.69) is 17.2 Å². The fraction of sp³-hybridized carbons (Fsp3) is 0.375. The van der Waals surface area contributed by atoms with Gasteiger partial charge in [0, 0.05) is 17.1 Å². The van der Waals surface area contributed by atoms with Crippen molar-refractivity contribution in [3.63, 3.8) is 0 Å². The van der Waals surface area contributed by atoms with Crippen LogP contribution in [-0.4, -0.2) is 25.1 Å². The van der Waals surface area contributed by atoms with Crippen molar-refractivity contribution in [2.45, 2.75) is 25.8 Å². The molecule has 0 aliphatic heterocycles. The molecule has 7 heteroatoms. The van der Waals surface area contributed by atoms with Crippen LogP contribution in [0, 0.1) is 0 Å². The average molecular weight is 335 g/mol. The van der Waals surface area contributed by atoms with E-state index >= 15 is 0 Å². The number of anilines is 1. The zero-order valence-corrected chi connectivity index (χ0v) is 14.3. The molecular formula is C16H21N3O3S. The number of nitrogens with one attached hydrogen (secondary N) is 1. The van der Waals surface area contributed by atoms with E-state index in [1.165, 1.54) is 11.3 Å². The number of hydrogen-bond donors (Lipinski definition) is 2. The number of carbonyl (C=O) groups is 1. The Balaban J connectivity index is 2.10. The number of hydrogen-bond acceptors (Lipinski definition) is 6. The first kappa shape index (κ1) is 17.2. The number of benzene rings is 1. The van der Waals surface area contributed by atoms with Gasteiger partial charge in [0.25, 0.3) is 5.91 Å². The van der Waals surface area contributed by atoms with Crippen molar-refractivity contribution >= 4 is 22.9 Å². The van der Waals surface area contributed by atoms with E-state index in [1.807, 2.05) is 0 Å². The molecule has 0 spiro atoms. The zero-order valence-electron chi connectivity index (χ0n) is 13.5. The summed E-state index contributed by atoms with van der Waals surface area (Å²) in [6.45, 7) is 2.07. The first-order valence-corrected chi connectivity index (χ1v) is 8.21. The third-order valence-electron chi connectivity index (χ3n) is 3.31. The van der Waals surface area contributed by atoms with Crippen LogP contribution in [0.15, 0.2) is 23.6 Å². The van der Waals surface area contributed by atoms with E-state index in [-0.39, 0.29) is 11.9 Å². The maximum absolute atomic E-state index is 12.3. The number of nitrogens with zero attached hydrogens (tertiary/aromatic N) is 1. The lowest BCUT2D eigenvalue weighted by Gasteiger charge is -2.10. The van der Waals surface area contributed by atoms with Crippen molar-refractivity contribution in [2.75, 3.05) is 19.5 Å². The number of carbonyl (C=O) groups excluding carboxylic acids is 1. The van der Waals surface area contributed by atoms with Crippen LogP contribution in [-0.2, 0) is 0 Å². The highest BCUT2D eigenvalue weighted by Crippen LogP contribution is 2.30. The number of amides is 1. The number of rotatable bonds is 7. The molecule has 1 unspecified atom stereocenters. The quantitative estimate of drug-likeness (QED) is 0.811. The Hall–Kier alpha value is -2.12. The molecule has 2 rings (SSSR count). The maximum Gasteiger partial charge on any atom is 0.275 e. The minimum Gasteiger partial charge on any atom is -0.493 e. The van der Waals surface area contributed by atoms with Crippen molar-refractivity contribution in [3.05, 3.63) is 34.3 Å². The van der Waals surface area contributed by atoms with Gasteiger partial charge in [-0.15, -0.1) is 11.3 Å². The number of ether oxygens (including phenoxy) is 2. The number of methoxy groups -OCH3 is 2. The average Bonchev–Trinajstić information content (AvgIpc) is 3.05. The molecule has 0 saturated carbocycles. The Morgan fingerprint density at radius 3 is 2.74 bits per heavy atom. The normalized spacial score (nSPS) is 11.8. The minimum absolute atomic E-state index is 0.118. The minimum atomic E-state index is -0.275. The summed E-state index contributed by atoms with van der Waals surface area (Å²) in [6.07, 6.45) is 1.83. The van der Waals surface area contributed by atoms with Gasteiger partial charge in [-0.25, -0.2) is 4.98 Å². The molecule has 1 aromatic heterocycles. The lowest BCUT2D eigenvalue weighted by molar-refractivity contribution is 0.102. The molecule has 6 nitrogen and oxygen atoms in total. The summed E-state index contributed by atoms with van der Waals surface area (Å²) in [7, 11) is 3.11. The molecule has 1 aromatic carbocycles. The second kappa shape index (κ2) is 7.94. The molecule has 0 aliphatic rings. The molecule has 3 N–H and O–H groups in total. The molecule has 0 saturated heterocycles. The van der Waals surface area contributed by atoms with Gasteiger partial charge in [0.05, 0.1) is 20.3 Å². The molecular weight excluding hydrogens is 314 g/mol. The van der Waals surface area contributed by atoms with Gasteiger partial charge < -0.3 is 20.5 Å². The maximum atomic E-state index is 12.3. The Morgan fingerprint density at radius 1 is 1.35 bits per heavy atom. The summed E-state index contributed by atoms with van der Waals surface area (Å²) < 4.78 is 10.4. The molecule has 0 aliphatic carbocycles. The highest BCUT2D eigenvalue weighted by molar-refractivity contribution is 7.09. The van der Waals surface area contributed by atoms with Crippen LogP contribution >= 0.6 is 11.3 Å². The summed E-state index contributed by atoms with van der Waals surface area (Å²) >= 11 is 1.41. The van der Waals surface area contributed by atoms with Crippen LogP contribution in [0.4, 0.5) is 5.69 Å². The Morgan fingerprint density at radius 2 is 2.09 bits per heavy atom. The summed E-state index contributed by atoms with van der Waals surface area (Å²) in [5, 5.41) is 5.30. The summed E-state index contributed by atoms with van der Waals surface area (Å²) in [5.41, 5.74) is 7.01. The zero-order chi connectivity index (χ0) is 16.8. The van der Waals surface area contributed by atoms with E-state index in [4.69, 9.17) is 15.2 Å². The Labute approximate surface area is 139 Å². The lowest BCUT2D eigenvalue weighted by atomic mass is 10.2. The van der Waals surface area contributed by atoms with Crippen LogP contribution in [0.3, 0.4) is 0 Å².